The number of pyridine rings is 1. The molecule has 2 fully saturated rings. The summed E-state index contributed by atoms with van der Waals surface area (Å²) in [4.78, 5) is 6.90. The number of likely N-dealkylation sites (tertiary alicyclic amines) is 1. The van der Waals surface area contributed by atoms with Gasteiger partial charge in [0.2, 0.25) is 0 Å². The van der Waals surface area contributed by atoms with E-state index < -0.39 is 0 Å². The average Bonchev–Trinajstić information content (AvgIpc) is 3.00. The van der Waals surface area contributed by atoms with E-state index in [0.29, 0.717) is 11.5 Å². The lowest BCUT2D eigenvalue weighted by atomic mass is 9.77. The number of aromatic nitrogens is 1. The minimum atomic E-state index is 0.376. The molecule has 1 aromatic carbocycles. The molecule has 0 radical (unpaired) electrons. The van der Waals surface area contributed by atoms with Gasteiger partial charge in [-0.2, -0.15) is 0 Å². The van der Waals surface area contributed by atoms with E-state index in [1.165, 1.54) is 17.5 Å². The second-order valence-electron chi connectivity index (χ2n) is 7.23. The molecular formula is C20H25N3O. The quantitative estimate of drug-likeness (QED) is 0.918. The van der Waals surface area contributed by atoms with Gasteiger partial charge in [-0.1, -0.05) is 36.4 Å². The molecule has 126 valence electrons. The van der Waals surface area contributed by atoms with E-state index in [2.05, 4.69) is 51.6 Å². The Balaban J connectivity index is 1.31. The fraction of sp³-hybridized carbons (Fsp3) is 0.450. The Kier molecular flexibility index (Phi) is 4.25. The number of benzene rings is 1. The molecule has 0 bridgehead atoms. The zero-order chi connectivity index (χ0) is 16.4. The summed E-state index contributed by atoms with van der Waals surface area (Å²) in [6, 6.07) is 14.9. The van der Waals surface area contributed by atoms with Crippen LogP contribution in [0.2, 0.25) is 0 Å². The van der Waals surface area contributed by atoms with E-state index in [1.54, 1.807) is 0 Å². The first-order valence-electron chi connectivity index (χ1n) is 8.76. The predicted molar refractivity (Wildman–Crippen MR) is 96.0 cm³/mol. The highest BCUT2D eigenvalue weighted by molar-refractivity contribution is 5.43. The van der Waals surface area contributed by atoms with Gasteiger partial charge in [-0.15, -0.1) is 0 Å². The van der Waals surface area contributed by atoms with Gasteiger partial charge in [0, 0.05) is 43.9 Å². The molecular weight excluding hydrogens is 298 g/mol. The molecule has 2 saturated heterocycles. The molecule has 1 N–H and O–H groups in total. The summed E-state index contributed by atoms with van der Waals surface area (Å²) in [6.45, 7) is 4.15. The Morgan fingerprint density at radius 1 is 1.21 bits per heavy atom. The van der Waals surface area contributed by atoms with E-state index >= 15 is 0 Å². The lowest BCUT2D eigenvalue weighted by Crippen LogP contribution is -2.56. The zero-order valence-corrected chi connectivity index (χ0v) is 14.2. The molecule has 4 nitrogen and oxygen atoms in total. The van der Waals surface area contributed by atoms with Crippen LogP contribution < -0.4 is 5.32 Å². The van der Waals surface area contributed by atoms with Crippen LogP contribution in [0, 0.1) is 5.41 Å². The van der Waals surface area contributed by atoms with Crippen LogP contribution in [0.1, 0.15) is 17.5 Å². The number of hydrogen-bond acceptors (Lipinski definition) is 4. The van der Waals surface area contributed by atoms with Crippen molar-refractivity contribution in [1.82, 2.24) is 9.88 Å². The highest BCUT2D eigenvalue weighted by Crippen LogP contribution is 2.42. The van der Waals surface area contributed by atoms with Gasteiger partial charge >= 0.3 is 0 Å². The number of anilines is 1. The Bertz CT molecular complexity index is 682. The van der Waals surface area contributed by atoms with Crippen molar-refractivity contribution in [2.45, 2.75) is 25.5 Å². The maximum Gasteiger partial charge on any atom is 0.130 e. The molecule has 1 atom stereocenters. The maximum absolute atomic E-state index is 6.11. The molecule has 3 heterocycles. The van der Waals surface area contributed by atoms with Crippen molar-refractivity contribution in [1.29, 1.82) is 0 Å². The highest BCUT2D eigenvalue weighted by Gasteiger charge is 2.48. The van der Waals surface area contributed by atoms with Crippen molar-refractivity contribution in [2.24, 2.45) is 5.41 Å². The third-order valence-corrected chi connectivity index (χ3v) is 5.23. The second kappa shape index (κ2) is 6.54. The van der Waals surface area contributed by atoms with Crippen LogP contribution in [-0.2, 0) is 17.7 Å². The summed E-state index contributed by atoms with van der Waals surface area (Å²) in [6.07, 6.45) is 4.44. The first-order chi connectivity index (χ1) is 11.8. The van der Waals surface area contributed by atoms with Crippen molar-refractivity contribution >= 4 is 5.82 Å². The van der Waals surface area contributed by atoms with E-state index in [4.69, 9.17) is 4.74 Å². The molecule has 4 heteroatoms. The van der Waals surface area contributed by atoms with Gasteiger partial charge in [0.1, 0.15) is 5.82 Å². The summed E-state index contributed by atoms with van der Waals surface area (Å²) >= 11 is 0. The molecule has 2 aliphatic rings. The third kappa shape index (κ3) is 3.17. The monoisotopic (exact) mass is 323 g/mol. The molecule has 0 amide bonds. The van der Waals surface area contributed by atoms with Crippen molar-refractivity contribution in [3.8, 4) is 0 Å². The summed E-state index contributed by atoms with van der Waals surface area (Å²) < 4.78 is 6.11. The van der Waals surface area contributed by atoms with Gasteiger partial charge in [-0.25, -0.2) is 4.98 Å². The fourth-order valence-corrected chi connectivity index (χ4v) is 4.17. The van der Waals surface area contributed by atoms with Crippen LogP contribution in [0.15, 0.2) is 48.7 Å². The van der Waals surface area contributed by atoms with Gasteiger partial charge in [-0.3, -0.25) is 4.90 Å². The largest absolute Gasteiger partial charge is 0.377 e. The Hall–Kier alpha value is -1.91. The molecule has 24 heavy (non-hydrogen) atoms. The van der Waals surface area contributed by atoms with Gasteiger partial charge in [0.15, 0.2) is 0 Å². The standard InChI is InChI=1S/C20H25N3O/c1-21-19-17(8-5-9-22-19)12-23-13-20(14-23)11-18(24-15-20)10-16-6-3-2-4-7-16/h2-9,18H,10-15H2,1H3,(H,21,22)/t18-/m1/s1. The van der Waals surface area contributed by atoms with Gasteiger partial charge in [0.25, 0.3) is 0 Å². The van der Waals surface area contributed by atoms with Crippen molar-refractivity contribution in [3.63, 3.8) is 0 Å². The van der Waals surface area contributed by atoms with Crippen molar-refractivity contribution in [2.75, 3.05) is 32.1 Å². The minimum absolute atomic E-state index is 0.376. The normalized spacial score (nSPS) is 22.5. The summed E-state index contributed by atoms with van der Waals surface area (Å²) in [5.41, 5.74) is 3.03. The first-order valence-corrected chi connectivity index (χ1v) is 8.76. The topological polar surface area (TPSA) is 37.4 Å². The smallest absolute Gasteiger partial charge is 0.130 e. The van der Waals surface area contributed by atoms with Crippen LogP contribution in [0.4, 0.5) is 5.82 Å². The lowest BCUT2D eigenvalue weighted by Gasteiger charge is -2.47. The van der Waals surface area contributed by atoms with Crippen LogP contribution in [0.3, 0.4) is 0 Å². The predicted octanol–water partition coefficient (Wildman–Crippen LogP) is 2.96. The number of nitrogens with zero attached hydrogens (tertiary/aromatic N) is 2. The Morgan fingerprint density at radius 2 is 2.04 bits per heavy atom. The summed E-state index contributed by atoms with van der Waals surface area (Å²) in [5.74, 6) is 0.989. The first kappa shape index (κ1) is 15.6. The van der Waals surface area contributed by atoms with Crippen molar-refractivity contribution in [3.05, 3.63) is 59.8 Å². The van der Waals surface area contributed by atoms with Crippen molar-refractivity contribution < 1.29 is 4.74 Å². The van der Waals surface area contributed by atoms with Crippen LogP contribution in [0.25, 0.3) is 0 Å². The molecule has 1 aromatic heterocycles. The van der Waals surface area contributed by atoms with E-state index in [9.17, 15) is 0 Å². The average molecular weight is 323 g/mol. The van der Waals surface area contributed by atoms with E-state index in [0.717, 1.165) is 38.5 Å². The summed E-state index contributed by atoms with van der Waals surface area (Å²) in [7, 11) is 1.93. The lowest BCUT2D eigenvalue weighted by molar-refractivity contribution is -0.0139. The SMILES string of the molecule is CNc1ncccc1CN1CC2(CO[C@H](Cc3ccccc3)C2)C1. The minimum Gasteiger partial charge on any atom is -0.377 e. The molecule has 4 rings (SSSR count). The van der Waals surface area contributed by atoms with Gasteiger partial charge < -0.3 is 10.1 Å². The number of rotatable bonds is 5. The molecule has 2 aliphatic heterocycles. The second-order valence-corrected chi connectivity index (χ2v) is 7.23. The number of nitrogens with one attached hydrogen (secondary N) is 1. The fourth-order valence-electron chi connectivity index (χ4n) is 4.17. The zero-order valence-electron chi connectivity index (χ0n) is 14.2. The molecule has 0 aliphatic carbocycles. The Labute approximate surface area is 143 Å². The van der Waals surface area contributed by atoms with Crippen LogP contribution in [-0.4, -0.2) is 42.7 Å². The molecule has 0 unspecified atom stereocenters. The number of hydrogen-bond donors (Lipinski definition) is 1. The third-order valence-electron chi connectivity index (χ3n) is 5.23. The number of ether oxygens (including phenoxy) is 1. The van der Waals surface area contributed by atoms with E-state index in [-0.39, 0.29) is 0 Å². The highest BCUT2D eigenvalue weighted by atomic mass is 16.5. The van der Waals surface area contributed by atoms with Crippen LogP contribution in [0.5, 0.6) is 0 Å². The van der Waals surface area contributed by atoms with Crippen LogP contribution >= 0.6 is 0 Å². The van der Waals surface area contributed by atoms with Gasteiger partial charge in [-0.05, 0) is 24.5 Å². The summed E-state index contributed by atoms with van der Waals surface area (Å²) in [5, 5.41) is 3.18. The molecule has 0 saturated carbocycles. The van der Waals surface area contributed by atoms with Gasteiger partial charge in [0.05, 0.1) is 12.7 Å². The molecule has 1 spiro atoms. The molecule has 2 aromatic rings. The Morgan fingerprint density at radius 3 is 2.83 bits per heavy atom. The maximum atomic E-state index is 6.11. The van der Waals surface area contributed by atoms with E-state index in [1.807, 2.05) is 19.3 Å².